The molecule has 0 saturated carbocycles. The van der Waals surface area contributed by atoms with Gasteiger partial charge in [0.05, 0.1) is 11.4 Å². The van der Waals surface area contributed by atoms with Gasteiger partial charge in [-0.15, -0.1) is 0 Å². The SMILES string of the molecule is CCc1c(C)nn(-c2cc(C)c(N)cc2Br)c1C. The van der Waals surface area contributed by atoms with Crippen molar-refractivity contribution in [3.8, 4) is 5.69 Å². The summed E-state index contributed by atoms with van der Waals surface area (Å²) in [6.45, 7) is 8.33. The van der Waals surface area contributed by atoms with Crippen molar-refractivity contribution in [1.82, 2.24) is 9.78 Å². The van der Waals surface area contributed by atoms with Crippen LogP contribution in [0.5, 0.6) is 0 Å². The van der Waals surface area contributed by atoms with Gasteiger partial charge in [-0.1, -0.05) is 6.92 Å². The summed E-state index contributed by atoms with van der Waals surface area (Å²) in [7, 11) is 0. The Morgan fingerprint density at radius 2 is 1.94 bits per heavy atom. The second kappa shape index (κ2) is 4.76. The monoisotopic (exact) mass is 307 g/mol. The van der Waals surface area contributed by atoms with E-state index in [2.05, 4.69) is 47.9 Å². The van der Waals surface area contributed by atoms with Crippen molar-refractivity contribution in [3.63, 3.8) is 0 Å². The van der Waals surface area contributed by atoms with Gasteiger partial charge in [-0.25, -0.2) is 4.68 Å². The summed E-state index contributed by atoms with van der Waals surface area (Å²) < 4.78 is 2.96. The van der Waals surface area contributed by atoms with E-state index in [0.717, 1.165) is 33.5 Å². The van der Waals surface area contributed by atoms with Crippen LogP contribution in [0.1, 0.15) is 29.4 Å². The Hall–Kier alpha value is -1.29. The molecule has 1 aromatic heterocycles. The summed E-state index contributed by atoms with van der Waals surface area (Å²) in [4.78, 5) is 0. The van der Waals surface area contributed by atoms with Crippen LogP contribution in [-0.4, -0.2) is 9.78 Å². The number of nitrogens with two attached hydrogens (primary N) is 1. The van der Waals surface area contributed by atoms with E-state index in [4.69, 9.17) is 5.73 Å². The third-order valence-electron chi connectivity index (χ3n) is 3.36. The van der Waals surface area contributed by atoms with Crippen LogP contribution in [-0.2, 0) is 6.42 Å². The van der Waals surface area contributed by atoms with Gasteiger partial charge in [0.1, 0.15) is 0 Å². The van der Waals surface area contributed by atoms with Gasteiger partial charge in [-0.2, -0.15) is 5.10 Å². The predicted octanol–water partition coefficient (Wildman–Crippen LogP) is 3.70. The first-order chi connectivity index (χ1) is 8.45. The van der Waals surface area contributed by atoms with Gasteiger partial charge in [0.2, 0.25) is 0 Å². The third kappa shape index (κ3) is 2.05. The van der Waals surface area contributed by atoms with Crippen LogP contribution in [0.15, 0.2) is 16.6 Å². The molecule has 0 amide bonds. The van der Waals surface area contributed by atoms with Crippen LogP contribution in [0.4, 0.5) is 5.69 Å². The number of aryl methyl sites for hydroxylation is 2. The Bertz CT molecular complexity index is 600. The first-order valence-corrected chi connectivity index (χ1v) is 6.86. The molecule has 3 nitrogen and oxygen atoms in total. The molecule has 96 valence electrons. The van der Waals surface area contributed by atoms with Gasteiger partial charge in [0.25, 0.3) is 0 Å². The molecule has 1 aromatic carbocycles. The second-order valence-corrected chi connectivity index (χ2v) is 5.43. The van der Waals surface area contributed by atoms with Crippen molar-refractivity contribution in [3.05, 3.63) is 39.1 Å². The molecule has 0 saturated heterocycles. The molecule has 0 aliphatic carbocycles. The number of anilines is 1. The van der Waals surface area contributed by atoms with Crippen molar-refractivity contribution in [2.75, 3.05) is 5.73 Å². The van der Waals surface area contributed by atoms with Crippen LogP contribution >= 0.6 is 15.9 Å². The molecule has 2 aromatic rings. The van der Waals surface area contributed by atoms with Crippen LogP contribution in [0, 0.1) is 20.8 Å². The fraction of sp³-hybridized carbons (Fsp3) is 0.357. The number of aromatic nitrogens is 2. The zero-order valence-electron chi connectivity index (χ0n) is 11.2. The van der Waals surface area contributed by atoms with Gasteiger partial charge >= 0.3 is 0 Å². The summed E-state index contributed by atoms with van der Waals surface area (Å²) >= 11 is 3.57. The summed E-state index contributed by atoms with van der Waals surface area (Å²) in [5.41, 5.74) is 12.4. The Morgan fingerprint density at radius 3 is 2.50 bits per heavy atom. The minimum absolute atomic E-state index is 0.794. The van der Waals surface area contributed by atoms with Crippen molar-refractivity contribution in [1.29, 1.82) is 0 Å². The van der Waals surface area contributed by atoms with Gasteiger partial charge in [0, 0.05) is 15.9 Å². The van der Waals surface area contributed by atoms with Gasteiger partial charge < -0.3 is 5.73 Å². The highest BCUT2D eigenvalue weighted by Crippen LogP contribution is 2.28. The van der Waals surface area contributed by atoms with E-state index in [0.29, 0.717) is 0 Å². The molecule has 0 radical (unpaired) electrons. The lowest BCUT2D eigenvalue weighted by molar-refractivity contribution is 0.828. The topological polar surface area (TPSA) is 43.8 Å². The largest absolute Gasteiger partial charge is 0.398 e. The molecule has 2 N–H and O–H groups in total. The standard InChI is InChI=1S/C14H18BrN3/c1-5-11-9(3)17-18(10(11)4)14-6-8(2)13(16)7-12(14)15/h6-7H,5,16H2,1-4H3. The minimum Gasteiger partial charge on any atom is -0.398 e. The molecule has 2 rings (SSSR count). The number of benzene rings is 1. The number of hydrogen-bond donors (Lipinski definition) is 1. The number of nitrogens with zero attached hydrogens (tertiary/aromatic N) is 2. The maximum absolute atomic E-state index is 5.91. The van der Waals surface area contributed by atoms with E-state index < -0.39 is 0 Å². The minimum atomic E-state index is 0.794. The summed E-state index contributed by atoms with van der Waals surface area (Å²) in [5, 5.41) is 4.63. The van der Waals surface area contributed by atoms with Gasteiger partial charge in [-0.3, -0.25) is 0 Å². The average molecular weight is 308 g/mol. The first-order valence-electron chi connectivity index (χ1n) is 6.06. The van der Waals surface area contributed by atoms with Gasteiger partial charge in [0.15, 0.2) is 0 Å². The Morgan fingerprint density at radius 1 is 1.28 bits per heavy atom. The maximum Gasteiger partial charge on any atom is 0.0795 e. The molecule has 0 aliphatic rings. The second-order valence-electron chi connectivity index (χ2n) is 4.57. The van der Waals surface area contributed by atoms with E-state index >= 15 is 0 Å². The highest BCUT2D eigenvalue weighted by Gasteiger charge is 2.14. The zero-order chi connectivity index (χ0) is 13.4. The summed E-state index contributed by atoms with van der Waals surface area (Å²) in [6.07, 6.45) is 1.00. The van der Waals surface area contributed by atoms with Crippen molar-refractivity contribution < 1.29 is 0 Å². The van der Waals surface area contributed by atoms with E-state index in [-0.39, 0.29) is 0 Å². The Labute approximate surface area is 116 Å². The molecular formula is C14H18BrN3. The van der Waals surface area contributed by atoms with E-state index in [9.17, 15) is 0 Å². The molecular weight excluding hydrogens is 290 g/mol. The first kappa shape index (κ1) is 13.1. The van der Waals surface area contributed by atoms with Crippen LogP contribution < -0.4 is 5.73 Å². The van der Waals surface area contributed by atoms with E-state index in [1.165, 1.54) is 11.3 Å². The normalized spacial score (nSPS) is 10.9. The molecule has 0 aliphatic heterocycles. The van der Waals surface area contributed by atoms with Crippen LogP contribution in [0.2, 0.25) is 0 Å². The highest BCUT2D eigenvalue weighted by molar-refractivity contribution is 9.10. The molecule has 18 heavy (non-hydrogen) atoms. The molecule has 1 heterocycles. The molecule has 0 unspecified atom stereocenters. The molecule has 0 bridgehead atoms. The predicted molar refractivity (Wildman–Crippen MR) is 79.3 cm³/mol. The Balaban J connectivity index is 2.66. The lowest BCUT2D eigenvalue weighted by Gasteiger charge is -2.10. The lowest BCUT2D eigenvalue weighted by Crippen LogP contribution is -2.02. The molecule has 0 spiro atoms. The van der Waals surface area contributed by atoms with E-state index in [1.807, 2.05) is 17.7 Å². The molecule has 0 atom stereocenters. The molecule has 4 heteroatoms. The fourth-order valence-electron chi connectivity index (χ4n) is 2.27. The van der Waals surface area contributed by atoms with Crippen molar-refractivity contribution in [2.24, 2.45) is 0 Å². The third-order valence-corrected chi connectivity index (χ3v) is 3.99. The fourth-order valence-corrected chi connectivity index (χ4v) is 2.79. The zero-order valence-corrected chi connectivity index (χ0v) is 12.8. The summed E-state index contributed by atoms with van der Waals surface area (Å²) in [6, 6.07) is 4.00. The highest BCUT2D eigenvalue weighted by atomic mass is 79.9. The van der Waals surface area contributed by atoms with E-state index in [1.54, 1.807) is 0 Å². The number of hydrogen-bond acceptors (Lipinski definition) is 2. The number of nitrogen functional groups attached to an aromatic ring is 1. The van der Waals surface area contributed by atoms with Crippen molar-refractivity contribution >= 4 is 21.6 Å². The Kier molecular flexibility index (Phi) is 3.48. The number of rotatable bonds is 2. The smallest absolute Gasteiger partial charge is 0.0795 e. The van der Waals surface area contributed by atoms with Crippen molar-refractivity contribution in [2.45, 2.75) is 34.1 Å². The average Bonchev–Trinajstić information content (AvgIpc) is 2.59. The maximum atomic E-state index is 5.91. The lowest BCUT2D eigenvalue weighted by atomic mass is 10.1. The van der Waals surface area contributed by atoms with Crippen LogP contribution in [0.25, 0.3) is 5.69 Å². The van der Waals surface area contributed by atoms with Crippen LogP contribution in [0.3, 0.4) is 0 Å². The number of halogens is 1. The summed E-state index contributed by atoms with van der Waals surface area (Å²) in [5.74, 6) is 0. The van der Waals surface area contributed by atoms with Gasteiger partial charge in [-0.05, 0) is 66.4 Å². The molecule has 0 fully saturated rings. The quantitative estimate of drug-likeness (QED) is 0.860.